The van der Waals surface area contributed by atoms with Gasteiger partial charge in [0.2, 0.25) is 20.0 Å². The molecule has 1 aliphatic heterocycles. The Hall–Kier alpha value is -1.94. The van der Waals surface area contributed by atoms with E-state index in [1.54, 1.807) is 24.3 Å². The van der Waals surface area contributed by atoms with E-state index < -0.39 is 20.0 Å². The third-order valence-corrected chi connectivity index (χ3v) is 8.93. The van der Waals surface area contributed by atoms with Crippen LogP contribution in [0.1, 0.15) is 19.4 Å². The first-order chi connectivity index (χ1) is 14.1. The Bertz CT molecular complexity index is 1060. The lowest BCUT2D eigenvalue weighted by Crippen LogP contribution is -2.50. The molecule has 0 N–H and O–H groups in total. The van der Waals surface area contributed by atoms with Gasteiger partial charge in [0, 0.05) is 26.2 Å². The first-order valence-corrected chi connectivity index (χ1v) is 12.8. The first kappa shape index (κ1) is 22.7. The highest BCUT2D eigenvalue weighted by atomic mass is 32.2. The molecule has 0 amide bonds. The summed E-state index contributed by atoms with van der Waals surface area (Å²) in [5.74, 6) is 1.07. The second-order valence-electron chi connectivity index (χ2n) is 7.73. The fourth-order valence-corrected chi connectivity index (χ4v) is 6.31. The van der Waals surface area contributed by atoms with E-state index in [9.17, 15) is 16.8 Å². The molecule has 0 aromatic heterocycles. The number of methoxy groups -OCH3 is 1. The molecule has 2 aromatic carbocycles. The van der Waals surface area contributed by atoms with Crippen molar-refractivity contribution in [2.24, 2.45) is 5.92 Å². The lowest BCUT2D eigenvalue weighted by atomic mass is 10.0. The molecule has 2 aromatic rings. The van der Waals surface area contributed by atoms with Crippen LogP contribution in [0.3, 0.4) is 0 Å². The van der Waals surface area contributed by atoms with Crippen molar-refractivity contribution >= 4 is 20.0 Å². The molecule has 0 atom stereocenters. The van der Waals surface area contributed by atoms with Gasteiger partial charge in [0.25, 0.3) is 0 Å². The Labute approximate surface area is 179 Å². The summed E-state index contributed by atoms with van der Waals surface area (Å²) in [5, 5.41) is 0. The zero-order valence-electron chi connectivity index (χ0n) is 17.5. The maximum absolute atomic E-state index is 13.0. The van der Waals surface area contributed by atoms with Crippen molar-refractivity contribution in [2.75, 3.05) is 33.3 Å². The summed E-state index contributed by atoms with van der Waals surface area (Å²) in [7, 11) is -5.82. The first-order valence-electron chi connectivity index (χ1n) is 9.88. The van der Waals surface area contributed by atoms with Crippen LogP contribution >= 0.6 is 0 Å². The normalized spacial score (nSPS) is 16.7. The van der Waals surface area contributed by atoms with Gasteiger partial charge in [-0.15, -0.1) is 0 Å². The molecular weight excluding hydrogens is 424 g/mol. The number of sulfonamides is 2. The monoisotopic (exact) mass is 452 g/mol. The van der Waals surface area contributed by atoms with Crippen molar-refractivity contribution < 1.29 is 21.6 Å². The predicted octanol–water partition coefficient (Wildman–Crippen LogP) is 2.59. The lowest BCUT2D eigenvalue weighted by Gasteiger charge is -2.33. The van der Waals surface area contributed by atoms with Crippen LogP contribution in [0.4, 0.5) is 0 Å². The van der Waals surface area contributed by atoms with Crippen LogP contribution < -0.4 is 4.74 Å². The largest absolute Gasteiger partial charge is 0.497 e. The Balaban J connectivity index is 1.69. The quantitative estimate of drug-likeness (QED) is 0.645. The van der Waals surface area contributed by atoms with Gasteiger partial charge in [-0.2, -0.15) is 8.61 Å². The molecule has 1 aliphatic rings. The lowest BCUT2D eigenvalue weighted by molar-refractivity contribution is 0.273. The van der Waals surface area contributed by atoms with E-state index in [4.69, 9.17) is 4.74 Å². The Kier molecular flexibility index (Phi) is 6.86. The van der Waals surface area contributed by atoms with Crippen molar-refractivity contribution in [1.29, 1.82) is 0 Å². The maximum atomic E-state index is 13.0. The van der Waals surface area contributed by atoms with Crippen LogP contribution in [0.5, 0.6) is 5.75 Å². The van der Waals surface area contributed by atoms with Gasteiger partial charge in [-0.25, -0.2) is 16.8 Å². The summed E-state index contributed by atoms with van der Waals surface area (Å²) in [6, 6.07) is 13.1. The minimum absolute atomic E-state index is 0.110. The highest BCUT2D eigenvalue weighted by Crippen LogP contribution is 2.23. The SMILES string of the molecule is COc1ccc(S(=O)(=O)N2CCN(S(=O)(=O)c3ccc(CC(C)C)cc3)CC2)cc1. The molecule has 1 saturated heterocycles. The van der Waals surface area contributed by atoms with Crippen molar-refractivity contribution in [2.45, 2.75) is 30.1 Å². The summed E-state index contributed by atoms with van der Waals surface area (Å²) >= 11 is 0. The zero-order chi connectivity index (χ0) is 21.9. The van der Waals surface area contributed by atoms with E-state index in [1.165, 1.54) is 27.9 Å². The van der Waals surface area contributed by atoms with Gasteiger partial charge in [-0.3, -0.25) is 0 Å². The van der Waals surface area contributed by atoms with E-state index in [2.05, 4.69) is 13.8 Å². The van der Waals surface area contributed by atoms with Gasteiger partial charge in [0.1, 0.15) is 5.75 Å². The van der Waals surface area contributed by atoms with E-state index in [-0.39, 0.29) is 36.0 Å². The van der Waals surface area contributed by atoms with E-state index in [0.29, 0.717) is 11.7 Å². The number of piperazine rings is 1. The molecule has 3 rings (SSSR count). The molecule has 0 bridgehead atoms. The molecule has 30 heavy (non-hydrogen) atoms. The van der Waals surface area contributed by atoms with Crippen LogP contribution in [0.2, 0.25) is 0 Å². The topological polar surface area (TPSA) is 84.0 Å². The number of ether oxygens (including phenoxy) is 1. The van der Waals surface area contributed by atoms with Crippen molar-refractivity contribution in [3.63, 3.8) is 0 Å². The van der Waals surface area contributed by atoms with Crippen molar-refractivity contribution in [3.8, 4) is 5.75 Å². The smallest absolute Gasteiger partial charge is 0.243 e. The van der Waals surface area contributed by atoms with Crippen molar-refractivity contribution in [3.05, 3.63) is 54.1 Å². The Morgan fingerprint density at radius 3 is 1.53 bits per heavy atom. The molecule has 164 valence electrons. The van der Waals surface area contributed by atoms with Gasteiger partial charge < -0.3 is 4.74 Å². The molecule has 9 heteroatoms. The van der Waals surface area contributed by atoms with Crippen LogP contribution in [0.15, 0.2) is 58.3 Å². The number of benzene rings is 2. The van der Waals surface area contributed by atoms with Crippen LogP contribution in [-0.2, 0) is 26.5 Å². The summed E-state index contributed by atoms with van der Waals surface area (Å²) in [6.45, 7) is 4.68. The number of rotatable bonds is 7. The molecule has 0 saturated carbocycles. The second kappa shape index (κ2) is 9.05. The molecule has 0 radical (unpaired) electrons. The van der Waals surface area contributed by atoms with Crippen LogP contribution in [-0.4, -0.2) is 58.7 Å². The Morgan fingerprint density at radius 1 is 0.767 bits per heavy atom. The molecule has 7 nitrogen and oxygen atoms in total. The highest BCUT2D eigenvalue weighted by Gasteiger charge is 2.33. The van der Waals surface area contributed by atoms with Gasteiger partial charge in [0.15, 0.2) is 0 Å². The molecule has 1 heterocycles. The van der Waals surface area contributed by atoms with Gasteiger partial charge in [-0.1, -0.05) is 26.0 Å². The minimum atomic E-state index is -3.68. The molecule has 0 unspecified atom stereocenters. The maximum Gasteiger partial charge on any atom is 0.243 e. The Morgan fingerprint density at radius 2 is 1.17 bits per heavy atom. The third-order valence-electron chi connectivity index (χ3n) is 5.10. The summed E-state index contributed by atoms with van der Waals surface area (Å²) in [5.41, 5.74) is 1.10. The van der Waals surface area contributed by atoms with Gasteiger partial charge >= 0.3 is 0 Å². The molecule has 0 aliphatic carbocycles. The molecular formula is C21H28N2O5S2. The number of nitrogens with zero attached hydrogens (tertiary/aromatic N) is 2. The van der Waals surface area contributed by atoms with Crippen molar-refractivity contribution in [1.82, 2.24) is 8.61 Å². The highest BCUT2D eigenvalue weighted by molar-refractivity contribution is 7.89. The predicted molar refractivity (Wildman–Crippen MR) is 115 cm³/mol. The van der Waals surface area contributed by atoms with Crippen LogP contribution in [0.25, 0.3) is 0 Å². The van der Waals surface area contributed by atoms with Crippen LogP contribution in [0, 0.1) is 5.92 Å². The standard InChI is InChI=1S/C21H28N2O5S2/c1-17(2)16-18-4-8-20(9-5-18)29(24,25)22-12-14-23(15-13-22)30(26,27)21-10-6-19(28-3)7-11-21/h4-11,17H,12-16H2,1-3H3. The van der Waals surface area contributed by atoms with E-state index >= 15 is 0 Å². The average Bonchev–Trinajstić information content (AvgIpc) is 2.74. The van der Waals surface area contributed by atoms with E-state index in [0.717, 1.165) is 12.0 Å². The van der Waals surface area contributed by atoms with Gasteiger partial charge in [0.05, 0.1) is 16.9 Å². The second-order valence-corrected chi connectivity index (χ2v) is 11.6. The van der Waals surface area contributed by atoms with E-state index in [1.807, 2.05) is 12.1 Å². The summed E-state index contributed by atoms with van der Waals surface area (Å²) < 4.78 is 59.4. The minimum Gasteiger partial charge on any atom is -0.497 e. The summed E-state index contributed by atoms with van der Waals surface area (Å²) in [6.07, 6.45) is 0.891. The third kappa shape index (κ3) is 4.85. The number of hydrogen-bond donors (Lipinski definition) is 0. The molecule has 1 fully saturated rings. The zero-order valence-corrected chi connectivity index (χ0v) is 19.1. The molecule has 0 spiro atoms. The number of hydrogen-bond acceptors (Lipinski definition) is 5. The fraction of sp³-hybridized carbons (Fsp3) is 0.429. The average molecular weight is 453 g/mol. The fourth-order valence-electron chi connectivity index (χ4n) is 3.47. The summed E-state index contributed by atoms with van der Waals surface area (Å²) in [4.78, 5) is 0.404. The van der Waals surface area contributed by atoms with Gasteiger partial charge in [-0.05, 0) is 54.3 Å².